The largest absolute Gasteiger partial charge is 0.391 e. The molecule has 0 aliphatic carbocycles. The standard InChI is InChI=1S/C17H24N2O3/c1-11(2)8-15(21)10-18-17(22)14-4-5-16-13(9-14)6-7-19(16)12(3)20/h4-5,9,11,15,21H,6-8,10H2,1-3H3,(H,18,22). The highest BCUT2D eigenvalue weighted by atomic mass is 16.3. The Kier molecular flexibility index (Phi) is 5.19. The molecule has 0 bridgehead atoms. The molecule has 2 amide bonds. The van der Waals surface area contributed by atoms with Gasteiger partial charge in [0.2, 0.25) is 5.91 Å². The molecule has 1 aromatic rings. The number of nitrogens with zero attached hydrogens (tertiary/aromatic N) is 1. The summed E-state index contributed by atoms with van der Waals surface area (Å²) < 4.78 is 0. The lowest BCUT2D eigenvalue weighted by Gasteiger charge is -2.16. The maximum Gasteiger partial charge on any atom is 0.251 e. The number of aliphatic hydroxyl groups excluding tert-OH is 1. The number of rotatable bonds is 5. The van der Waals surface area contributed by atoms with Gasteiger partial charge in [0.25, 0.3) is 5.91 Å². The van der Waals surface area contributed by atoms with Crippen molar-refractivity contribution in [1.29, 1.82) is 0 Å². The van der Waals surface area contributed by atoms with Crippen molar-refractivity contribution in [2.75, 3.05) is 18.0 Å². The van der Waals surface area contributed by atoms with Gasteiger partial charge >= 0.3 is 0 Å². The van der Waals surface area contributed by atoms with Crippen molar-refractivity contribution in [2.45, 2.75) is 39.7 Å². The predicted octanol–water partition coefficient (Wildman–Crippen LogP) is 1.73. The topological polar surface area (TPSA) is 69.6 Å². The van der Waals surface area contributed by atoms with Gasteiger partial charge in [-0.2, -0.15) is 0 Å². The van der Waals surface area contributed by atoms with E-state index in [9.17, 15) is 14.7 Å². The van der Waals surface area contributed by atoms with Gasteiger partial charge in [-0.3, -0.25) is 9.59 Å². The van der Waals surface area contributed by atoms with Gasteiger partial charge < -0.3 is 15.3 Å². The van der Waals surface area contributed by atoms with Crippen LogP contribution in [0.15, 0.2) is 18.2 Å². The summed E-state index contributed by atoms with van der Waals surface area (Å²) >= 11 is 0. The van der Waals surface area contributed by atoms with Crippen LogP contribution < -0.4 is 10.2 Å². The van der Waals surface area contributed by atoms with E-state index < -0.39 is 6.10 Å². The molecule has 5 heteroatoms. The zero-order valence-electron chi connectivity index (χ0n) is 13.4. The maximum absolute atomic E-state index is 12.1. The summed E-state index contributed by atoms with van der Waals surface area (Å²) in [6.07, 6.45) is 0.913. The summed E-state index contributed by atoms with van der Waals surface area (Å²) in [7, 11) is 0. The van der Waals surface area contributed by atoms with Crippen molar-refractivity contribution in [3.8, 4) is 0 Å². The average Bonchev–Trinajstić information content (AvgIpc) is 2.87. The molecule has 1 aromatic carbocycles. The third-order valence-electron chi connectivity index (χ3n) is 3.86. The molecule has 0 spiro atoms. The Labute approximate surface area is 131 Å². The van der Waals surface area contributed by atoms with Crippen LogP contribution in [0.4, 0.5) is 5.69 Å². The Morgan fingerprint density at radius 1 is 1.36 bits per heavy atom. The highest BCUT2D eigenvalue weighted by Crippen LogP contribution is 2.28. The summed E-state index contributed by atoms with van der Waals surface area (Å²) in [5.74, 6) is 0.226. The van der Waals surface area contributed by atoms with Crippen molar-refractivity contribution in [3.05, 3.63) is 29.3 Å². The van der Waals surface area contributed by atoms with Gasteiger partial charge in [0.05, 0.1) is 6.10 Å². The van der Waals surface area contributed by atoms with Crippen molar-refractivity contribution in [1.82, 2.24) is 5.32 Å². The first kappa shape index (κ1) is 16.5. The number of aliphatic hydroxyl groups is 1. The molecule has 5 nitrogen and oxygen atoms in total. The van der Waals surface area contributed by atoms with Crippen LogP contribution >= 0.6 is 0 Å². The first-order chi connectivity index (χ1) is 10.4. The van der Waals surface area contributed by atoms with Crippen molar-refractivity contribution >= 4 is 17.5 Å². The van der Waals surface area contributed by atoms with Crippen LogP contribution in [0.3, 0.4) is 0 Å². The molecule has 1 atom stereocenters. The molecule has 1 aliphatic heterocycles. The van der Waals surface area contributed by atoms with Crippen LogP contribution in [-0.2, 0) is 11.2 Å². The zero-order chi connectivity index (χ0) is 16.3. The van der Waals surface area contributed by atoms with E-state index in [2.05, 4.69) is 5.32 Å². The summed E-state index contributed by atoms with van der Waals surface area (Å²) in [4.78, 5) is 25.4. The summed E-state index contributed by atoms with van der Waals surface area (Å²) in [5.41, 5.74) is 2.48. The zero-order valence-corrected chi connectivity index (χ0v) is 13.4. The van der Waals surface area contributed by atoms with Crippen molar-refractivity contribution in [2.24, 2.45) is 5.92 Å². The number of hydrogen-bond donors (Lipinski definition) is 2. The van der Waals surface area contributed by atoms with E-state index >= 15 is 0 Å². The highest BCUT2D eigenvalue weighted by molar-refractivity contribution is 5.97. The lowest BCUT2D eigenvalue weighted by atomic mass is 10.1. The molecule has 0 saturated carbocycles. The van der Waals surface area contributed by atoms with E-state index in [1.165, 1.54) is 0 Å². The van der Waals surface area contributed by atoms with Crippen LogP contribution in [-0.4, -0.2) is 36.1 Å². The van der Waals surface area contributed by atoms with Crippen LogP contribution in [0.2, 0.25) is 0 Å². The Morgan fingerprint density at radius 2 is 2.09 bits per heavy atom. The SMILES string of the molecule is CC(=O)N1CCc2cc(C(=O)NCC(O)CC(C)C)ccc21. The minimum Gasteiger partial charge on any atom is -0.391 e. The number of fused-ring (bicyclic) bond motifs is 1. The van der Waals surface area contributed by atoms with E-state index in [1.54, 1.807) is 17.9 Å². The van der Waals surface area contributed by atoms with Crippen LogP contribution in [0, 0.1) is 5.92 Å². The molecule has 0 aromatic heterocycles. The first-order valence-electron chi connectivity index (χ1n) is 7.75. The van der Waals surface area contributed by atoms with E-state index in [-0.39, 0.29) is 18.4 Å². The first-order valence-corrected chi connectivity index (χ1v) is 7.75. The molecule has 1 aliphatic rings. The van der Waals surface area contributed by atoms with Gasteiger partial charge in [-0.15, -0.1) is 0 Å². The van der Waals surface area contributed by atoms with E-state index in [4.69, 9.17) is 0 Å². The van der Waals surface area contributed by atoms with Crippen LogP contribution in [0.1, 0.15) is 43.1 Å². The van der Waals surface area contributed by atoms with Crippen LogP contribution in [0.5, 0.6) is 0 Å². The third-order valence-corrected chi connectivity index (χ3v) is 3.86. The number of hydrogen-bond acceptors (Lipinski definition) is 3. The molecule has 1 heterocycles. The second-order valence-corrected chi connectivity index (χ2v) is 6.26. The lowest BCUT2D eigenvalue weighted by Crippen LogP contribution is -2.32. The molecule has 0 fully saturated rings. The minimum atomic E-state index is -0.522. The predicted molar refractivity (Wildman–Crippen MR) is 86.0 cm³/mol. The number of amides is 2. The van der Waals surface area contributed by atoms with E-state index in [0.717, 1.165) is 17.7 Å². The number of carbonyl (C=O) groups excluding carboxylic acids is 2. The molecule has 0 saturated heterocycles. The molecule has 2 rings (SSSR count). The van der Waals surface area contributed by atoms with Gasteiger partial charge in [0.15, 0.2) is 0 Å². The van der Waals surface area contributed by atoms with Crippen molar-refractivity contribution < 1.29 is 14.7 Å². The normalized spacial score (nSPS) is 14.9. The van der Waals surface area contributed by atoms with E-state index in [0.29, 0.717) is 24.4 Å². The fourth-order valence-electron chi connectivity index (χ4n) is 2.81. The van der Waals surface area contributed by atoms with Gasteiger partial charge in [-0.25, -0.2) is 0 Å². The average molecular weight is 304 g/mol. The van der Waals surface area contributed by atoms with Gasteiger partial charge in [-0.05, 0) is 42.5 Å². The molecule has 2 N–H and O–H groups in total. The fourth-order valence-corrected chi connectivity index (χ4v) is 2.81. The fraction of sp³-hybridized carbons (Fsp3) is 0.529. The number of anilines is 1. The molecule has 0 radical (unpaired) electrons. The minimum absolute atomic E-state index is 0.0211. The van der Waals surface area contributed by atoms with Crippen molar-refractivity contribution in [3.63, 3.8) is 0 Å². The smallest absolute Gasteiger partial charge is 0.251 e. The summed E-state index contributed by atoms with van der Waals surface area (Å²) in [6, 6.07) is 5.38. The van der Waals surface area contributed by atoms with Gasteiger partial charge in [-0.1, -0.05) is 13.8 Å². The number of nitrogens with one attached hydrogen (secondary N) is 1. The Balaban J connectivity index is 1.99. The lowest BCUT2D eigenvalue weighted by molar-refractivity contribution is -0.116. The molecule has 22 heavy (non-hydrogen) atoms. The third kappa shape index (κ3) is 3.85. The Bertz CT molecular complexity index is 569. The Morgan fingerprint density at radius 3 is 2.73 bits per heavy atom. The van der Waals surface area contributed by atoms with Gasteiger partial charge in [0.1, 0.15) is 0 Å². The monoisotopic (exact) mass is 304 g/mol. The van der Waals surface area contributed by atoms with E-state index in [1.807, 2.05) is 26.0 Å². The second kappa shape index (κ2) is 6.92. The molecule has 1 unspecified atom stereocenters. The highest BCUT2D eigenvalue weighted by Gasteiger charge is 2.23. The van der Waals surface area contributed by atoms with Gasteiger partial charge in [0, 0.05) is 31.3 Å². The summed E-state index contributed by atoms with van der Waals surface area (Å²) in [5, 5.41) is 12.6. The quantitative estimate of drug-likeness (QED) is 0.870. The molecular weight excluding hydrogens is 280 g/mol. The Hall–Kier alpha value is -1.88. The summed E-state index contributed by atoms with van der Waals surface area (Å²) in [6.45, 7) is 6.54. The second-order valence-electron chi connectivity index (χ2n) is 6.26. The number of benzene rings is 1. The molecular formula is C17H24N2O3. The number of carbonyl (C=O) groups is 2. The maximum atomic E-state index is 12.1. The van der Waals surface area contributed by atoms with Crippen LogP contribution in [0.25, 0.3) is 0 Å². The molecule has 120 valence electrons.